The molecule has 3 atom stereocenters. The molecule has 0 saturated heterocycles. The van der Waals surface area contributed by atoms with Gasteiger partial charge in [-0.25, -0.2) is 0 Å². The molecule has 0 amide bonds. The van der Waals surface area contributed by atoms with Crippen molar-refractivity contribution in [3.05, 3.63) is 24.3 Å². The molecule has 2 rings (SSSR count). The van der Waals surface area contributed by atoms with E-state index in [1.807, 2.05) is 0 Å². The third-order valence-corrected chi connectivity index (χ3v) is 3.37. The molecule has 0 aromatic heterocycles. The summed E-state index contributed by atoms with van der Waals surface area (Å²) >= 11 is 0. The van der Waals surface area contributed by atoms with E-state index in [4.69, 9.17) is 5.73 Å². The minimum absolute atomic E-state index is 0.418. The minimum Gasteiger partial charge on any atom is -0.327 e. The van der Waals surface area contributed by atoms with Crippen LogP contribution in [0.1, 0.15) is 32.1 Å². The molecule has 3 unspecified atom stereocenters. The smallest absolute Gasteiger partial charge is 0.0108 e. The molecule has 1 heteroatoms. The van der Waals surface area contributed by atoms with E-state index in [1.54, 1.807) is 0 Å². The highest BCUT2D eigenvalue weighted by Crippen LogP contribution is 2.32. The largest absolute Gasteiger partial charge is 0.327 e. The maximum absolute atomic E-state index is 6.13. The van der Waals surface area contributed by atoms with Crippen LogP contribution in [-0.2, 0) is 0 Å². The van der Waals surface area contributed by atoms with Gasteiger partial charge in [-0.3, -0.25) is 0 Å². The fraction of sp³-hybridized carbons (Fsp3) is 0.667. The zero-order valence-corrected chi connectivity index (χ0v) is 8.15. The van der Waals surface area contributed by atoms with Crippen molar-refractivity contribution < 1.29 is 0 Å². The highest BCUT2D eigenvalue weighted by atomic mass is 14.7. The number of hydrogen-bond acceptors (Lipinski definition) is 1. The Morgan fingerprint density at radius 3 is 2.54 bits per heavy atom. The zero-order valence-electron chi connectivity index (χ0n) is 8.15. The Hall–Kier alpha value is -0.560. The molecular formula is C12H19N. The average molecular weight is 177 g/mol. The van der Waals surface area contributed by atoms with Crippen LogP contribution in [0, 0.1) is 11.8 Å². The fourth-order valence-electron chi connectivity index (χ4n) is 2.55. The Morgan fingerprint density at radius 1 is 1.00 bits per heavy atom. The molecule has 0 aromatic carbocycles. The van der Waals surface area contributed by atoms with Crippen molar-refractivity contribution >= 4 is 0 Å². The second-order valence-electron chi connectivity index (χ2n) is 4.29. The minimum atomic E-state index is 0.418. The first-order chi connectivity index (χ1) is 6.38. The normalized spacial score (nSPS) is 39.3. The summed E-state index contributed by atoms with van der Waals surface area (Å²) in [7, 11) is 0. The summed E-state index contributed by atoms with van der Waals surface area (Å²) in [5.74, 6) is 1.47. The average Bonchev–Trinajstić information content (AvgIpc) is 2.20. The number of hydrogen-bond donors (Lipinski definition) is 1. The summed E-state index contributed by atoms with van der Waals surface area (Å²) in [4.78, 5) is 0. The van der Waals surface area contributed by atoms with Gasteiger partial charge in [0.2, 0.25) is 0 Å². The molecule has 2 aliphatic carbocycles. The van der Waals surface area contributed by atoms with E-state index in [0.29, 0.717) is 12.0 Å². The molecule has 0 fully saturated rings. The van der Waals surface area contributed by atoms with Gasteiger partial charge >= 0.3 is 0 Å². The van der Waals surface area contributed by atoms with Crippen LogP contribution in [-0.4, -0.2) is 6.04 Å². The summed E-state index contributed by atoms with van der Waals surface area (Å²) in [6.45, 7) is 0. The van der Waals surface area contributed by atoms with E-state index in [-0.39, 0.29) is 0 Å². The lowest BCUT2D eigenvalue weighted by Gasteiger charge is -2.32. The Balaban J connectivity index is 2.01. The lowest BCUT2D eigenvalue weighted by atomic mass is 9.76. The van der Waals surface area contributed by atoms with Crippen molar-refractivity contribution in [2.45, 2.75) is 38.1 Å². The van der Waals surface area contributed by atoms with Gasteiger partial charge in [-0.1, -0.05) is 24.3 Å². The molecule has 13 heavy (non-hydrogen) atoms. The van der Waals surface area contributed by atoms with Gasteiger partial charge in [0.05, 0.1) is 0 Å². The summed E-state index contributed by atoms with van der Waals surface area (Å²) in [5.41, 5.74) is 6.13. The van der Waals surface area contributed by atoms with Gasteiger partial charge in [0.25, 0.3) is 0 Å². The monoisotopic (exact) mass is 177 g/mol. The van der Waals surface area contributed by atoms with E-state index >= 15 is 0 Å². The van der Waals surface area contributed by atoms with Crippen LogP contribution in [0.5, 0.6) is 0 Å². The molecule has 72 valence electrons. The van der Waals surface area contributed by atoms with Crippen LogP contribution in [0.2, 0.25) is 0 Å². The molecule has 0 saturated carbocycles. The van der Waals surface area contributed by atoms with Crippen LogP contribution < -0.4 is 5.73 Å². The molecule has 2 N–H and O–H groups in total. The summed E-state index contributed by atoms with van der Waals surface area (Å²) in [6, 6.07) is 0.418. The van der Waals surface area contributed by atoms with Crippen molar-refractivity contribution in [3.63, 3.8) is 0 Å². The summed E-state index contributed by atoms with van der Waals surface area (Å²) in [6.07, 6.45) is 15.5. The van der Waals surface area contributed by atoms with Crippen LogP contribution in [0.3, 0.4) is 0 Å². The molecule has 2 aliphatic rings. The summed E-state index contributed by atoms with van der Waals surface area (Å²) < 4.78 is 0. The van der Waals surface area contributed by atoms with Gasteiger partial charge in [0, 0.05) is 6.04 Å². The second-order valence-corrected chi connectivity index (χ2v) is 4.29. The Morgan fingerprint density at radius 2 is 1.85 bits per heavy atom. The van der Waals surface area contributed by atoms with Crippen LogP contribution >= 0.6 is 0 Å². The van der Waals surface area contributed by atoms with E-state index in [2.05, 4.69) is 24.3 Å². The van der Waals surface area contributed by atoms with E-state index in [1.165, 1.54) is 32.1 Å². The van der Waals surface area contributed by atoms with Crippen molar-refractivity contribution in [1.29, 1.82) is 0 Å². The van der Waals surface area contributed by atoms with E-state index in [9.17, 15) is 0 Å². The molecular weight excluding hydrogens is 158 g/mol. The third kappa shape index (κ3) is 2.02. The molecule has 0 heterocycles. The number of nitrogens with two attached hydrogens (primary N) is 1. The van der Waals surface area contributed by atoms with Gasteiger partial charge in [0.1, 0.15) is 0 Å². The van der Waals surface area contributed by atoms with Gasteiger partial charge < -0.3 is 5.73 Å². The highest BCUT2D eigenvalue weighted by Gasteiger charge is 2.26. The van der Waals surface area contributed by atoms with Crippen molar-refractivity contribution in [2.75, 3.05) is 0 Å². The predicted molar refractivity (Wildman–Crippen MR) is 56.3 cm³/mol. The highest BCUT2D eigenvalue weighted by molar-refractivity contribution is 5.04. The van der Waals surface area contributed by atoms with Crippen LogP contribution in [0.15, 0.2) is 24.3 Å². The van der Waals surface area contributed by atoms with Gasteiger partial charge in [-0.15, -0.1) is 0 Å². The third-order valence-electron chi connectivity index (χ3n) is 3.37. The topological polar surface area (TPSA) is 26.0 Å². The van der Waals surface area contributed by atoms with Crippen LogP contribution in [0.25, 0.3) is 0 Å². The zero-order chi connectivity index (χ0) is 9.10. The second kappa shape index (κ2) is 4.10. The maximum atomic E-state index is 6.13. The van der Waals surface area contributed by atoms with Gasteiger partial charge in [-0.05, 0) is 43.9 Å². The lowest BCUT2D eigenvalue weighted by Crippen LogP contribution is -2.35. The van der Waals surface area contributed by atoms with Crippen molar-refractivity contribution in [3.8, 4) is 0 Å². The van der Waals surface area contributed by atoms with Gasteiger partial charge in [0.15, 0.2) is 0 Å². The standard InChI is InChI=1S/C12H19N/c13-12-9-5-4-8-11(12)10-6-2-1-3-7-10/h1-2,4,8,10-12H,3,5-7,9,13H2. The SMILES string of the molecule is NC1CCC=CC1C1CC=CCC1. The Labute approximate surface area is 80.7 Å². The Bertz CT molecular complexity index is 217. The predicted octanol–water partition coefficient (Wildman–Crippen LogP) is 2.64. The van der Waals surface area contributed by atoms with Crippen molar-refractivity contribution in [1.82, 2.24) is 0 Å². The quantitative estimate of drug-likeness (QED) is 0.612. The van der Waals surface area contributed by atoms with Crippen LogP contribution in [0.4, 0.5) is 0 Å². The first kappa shape index (κ1) is 9.01. The molecule has 0 radical (unpaired) electrons. The van der Waals surface area contributed by atoms with Crippen molar-refractivity contribution in [2.24, 2.45) is 17.6 Å². The molecule has 0 aromatic rings. The molecule has 1 nitrogen and oxygen atoms in total. The van der Waals surface area contributed by atoms with Gasteiger partial charge in [-0.2, -0.15) is 0 Å². The maximum Gasteiger partial charge on any atom is 0.0108 e. The first-order valence-electron chi connectivity index (χ1n) is 5.45. The number of allylic oxidation sites excluding steroid dienone is 3. The lowest BCUT2D eigenvalue weighted by molar-refractivity contribution is 0.298. The molecule has 0 bridgehead atoms. The van der Waals surface area contributed by atoms with E-state index in [0.717, 1.165) is 5.92 Å². The summed E-state index contributed by atoms with van der Waals surface area (Å²) in [5, 5.41) is 0. The van der Waals surface area contributed by atoms with E-state index < -0.39 is 0 Å². The fourth-order valence-corrected chi connectivity index (χ4v) is 2.55. The molecule has 0 aliphatic heterocycles. The first-order valence-corrected chi connectivity index (χ1v) is 5.45. The number of rotatable bonds is 1. The Kier molecular flexibility index (Phi) is 2.84. The molecule has 0 spiro atoms.